The first kappa shape index (κ1) is 10.0. The molecule has 0 aliphatic carbocycles. The average molecular weight is 169 g/mol. The largest absolute Gasteiger partial charge is 0.316 e. The summed E-state index contributed by atoms with van der Waals surface area (Å²) >= 11 is 0. The van der Waals surface area contributed by atoms with E-state index in [0.717, 1.165) is 17.8 Å². The van der Waals surface area contributed by atoms with Gasteiger partial charge in [-0.15, -0.1) is 0 Å². The SMILES string of the molecule is CC(C)CCC(C)C1CCNC1. The second-order valence-electron chi connectivity index (χ2n) is 4.70. The summed E-state index contributed by atoms with van der Waals surface area (Å²) in [6, 6.07) is 0. The van der Waals surface area contributed by atoms with Gasteiger partial charge >= 0.3 is 0 Å². The van der Waals surface area contributed by atoms with Gasteiger partial charge < -0.3 is 5.32 Å². The molecule has 0 saturated carbocycles. The first-order chi connectivity index (χ1) is 5.70. The zero-order valence-electron chi connectivity index (χ0n) is 8.77. The third-order valence-corrected chi connectivity index (χ3v) is 3.10. The quantitative estimate of drug-likeness (QED) is 0.682. The zero-order valence-corrected chi connectivity index (χ0v) is 8.77. The van der Waals surface area contributed by atoms with E-state index in [1.54, 1.807) is 0 Å². The van der Waals surface area contributed by atoms with E-state index in [1.165, 1.54) is 32.4 Å². The highest BCUT2D eigenvalue weighted by Crippen LogP contribution is 2.24. The summed E-state index contributed by atoms with van der Waals surface area (Å²) in [6.45, 7) is 9.56. The summed E-state index contributed by atoms with van der Waals surface area (Å²) in [4.78, 5) is 0. The lowest BCUT2D eigenvalue weighted by Crippen LogP contribution is -2.15. The summed E-state index contributed by atoms with van der Waals surface area (Å²) in [7, 11) is 0. The smallest absolute Gasteiger partial charge is 0.00175 e. The molecule has 1 aliphatic rings. The van der Waals surface area contributed by atoms with Gasteiger partial charge in [0.05, 0.1) is 0 Å². The highest BCUT2D eigenvalue weighted by molar-refractivity contribution is 4.75. The van der Waals surface area contributed by atoms with Gasteiger partial charge in [0.15, 0.2) is 0 Å². The second kappa shape index (κ2) is 4.86. The first-order valence-corrected chi connectivity index (χ1v) is 5.41. The molecule has 0 bridgehead atoms. The fourth-order valence-electron chi connectivity index (χ4n) is 1.99. The number of rotatable bonds is 4. The molecule has 1 rings (SSSR count). The molecular weight excluding hydrogens is 146 g/mol. The highest BCUT2D eigenvalue weighted by Gasteiger charge is 2.20. The standard InChI is InChI=1S/C11H23N/c1-9(2)4-5-10(3)11-6-7-12-8-11/h9-12H,4-8H2,1-3H3. The fraction of sp³-hybridized carbons (Fsp3) is 1.00. The predicted octanol–water partition coefficient (Wildman–Crippen LogP) is 2.67. The van der Waals surface area contributed by atoms with E-state index >= 15 is 0 Å². The Morgan fingerprint density at radius 2 is 2.00 bits per heavy atom. The Labute approximate surface area is 76.9 Å². The third kappa shape index (κ3) is 3.14. The van der Waals surface area contributed by atoms with Gasteiger partial charge in [0.1, 0.15) is 0 Å². The predicted molar refractivity (Wildman–Crippen MR) is 54.2 cm³/mol. The summed E-state index contributed by atoms with van der Waals surface area (Å²) in [5, 5.41) is 3.44. The molecule has 0 aromatic carbocycles. The van der Waals surface area contributed by atoms with E-state index in [9.17, 15) is 0 Å². The van der Waals surface area contributed by atoms with E-state index in [2.05, 4.69) is 26.1 Å². The molecule has 0 spiro atoms. The van der Waals surface area contributed by atoms with Crippen LogP contribution in [0.25, 0.3) is 0 Å². The van der Waals surface area contributed by atoms with Crippen LogP contribution >= 0.6 is 0 Å². The number of hydrogen-bond acceptors (Lipinski definition) is 1. The highest BCUT2D eigenvalue weighted by atomic mass is 14.9. The van der Waals surface area contributed by atoms with Gasteiger partial charge in [-0.1, -0.05) is 33.6 Å². The minimum Gasteiger partial charge on any atom is -0.316 e. The molecule has 0 aromatic rings. The summed E-state index contributed by atoms with van der Waals surface area (Å²) in [5.41, 5.74) is 0. The topological polar surface area (TPSA) is 12.0 Å². The van der Waals surface area contributed by atoms with Gasteiger partial charge in [-0.05, 0) is 37.3 Å². The molecule has 1 heteroatoms. The van der Waals surface area contributed by atoms with Crippen molar-refractivity contribution >= 4 is 0 Å². The molecule has 12 heavy (non-hydrogen) atoms. The molecule has 1 aliphatic heterocycles. The molecule has 1 nitrogen and oxygen atoms in total. The Hall–Kier alpha value is -0.0400. The Bertz CT molecular complexity index is 114. The van der Waals surface area contributed by atoms with Crippen molar-refractivity contribution in [2.45, 2.75) is 40.0 Å². The van der Waals surface area contributed by atoms with Crippen LogP contribution in [0, 0.1) is 17.8 Å². The van der Waals surface area contributed by atoms with Gasteiger partial charge in [0, 0.05) is 0 Å². The van der Waals surface area contributed by atoms with Crippen LogP contribution in [0.5, 0.6) is 0 Å². The van der Waals surface area contributed by atoms with Gasteiger partial charge in [-0.25, -0.2) is 0 Å². The van der Waals surface area contributed by atoms with Crippen molar-refractivity contribution in [1.29, 1.82) is 0 Å². The lowest BCUT2D eigenvalue weighted by Gasteiger charge is -2.18. The summed E-state index contributed by atoms with van der Waals surface area (Å²) < 4.78 is 0. The van der Waals surface area contributed by atoms with Crippen LogP contribution in [0.4, 0.5) is 0 Å². The minimum atomic E-state index is 0.877. The molecular formula is C11H23N. The maximum Gasteiger partial charge on any atom is -0.00175 e. The van der Waals surface area contributed by atoms with Gasteiger partial charge in [0.2, 0.25) is 0 Å². The minimum absolute atomic E-state index is 0.877. The van der Waals surface area contributed by atoms with Crippen molar-refractivity contribution in [2.75, 3.05) is 13.1 Å². The number of nitrogens with one attached hydrogen (secondary N) is 1. The van der Waals surface area contributed by atoms with Crippen LogP contribution < -0.4 is 5.32 Å². The van der Waals surface area contributed by atoms with Crippen LogP contribution in [0.2, 0.25) is 0 Å². The Balaban J connectivity index is 2.13. The molecule has 1 N–H and O–H groups in total. The van der Waals surface area contributed by atoms with E-state index in [0.29, 0.717) is 0 Å². The van der Waals surface area contributed by atoms with Crippen LogP contribution in [-0.4, -0.2) is 13.1 Å². The lowest BCUT2D eigenvalue weighted by atomic mass is 9.87. The molecule has 1 saturated heterocycles. The van der Waals surface area contributed by atoms with Crippen LogP contribution in [0.15, 0.2) is 0 Å². The Morgan fingerprint density at radius 3 is 2.50 bits per heavy atom. The molecule has 0 radical (unpaired) electrons. The van der Waals surface area contributed by atoms with Crippen LogP contribution in [0.1, 0.15) is 40.0 Å². The maximum atomic E-state index is 3.44. The molecule has 1 fully saturated rings. The zero-order chi connectivity index (χ0) is 8.97. The van der Waals surface area contributed by atoms with E-state index in [4.69, 9.17) is 0 Å². The van der Waals surface area contributed by atoms with Crippen molar-refractivity contribution in [3.8, 4) is 0 Å². The molecule has 2 atom stereocenters. The normalized spacial score (nSPS) is 26.5. The van der Waals surface area contributed by atoms with Gasteiger partial charge in [0.25, 0.3) is 0 Å². The maximum absolute atomic E-state index is 3.44. The van der Waals surface area contributed by atoms with Gasteiger partial charge in [-0.2, -0.15) is 0 Å². The third-order valence-electron chi connectivity index (χ3n) is 3.10. The Kier molecular flexibility index (Phi) is 4.07. The van der Waals surface area contributed by atoms with E-state index in [-0.39, 0.29) is 0 Å². The molecule has 1 heterocycles. The van der Waals surface area contributed by atoms with Gasteiger partial charge in [-0.3, -0.25) is 0 Å². The van der Waals surface area contributed by atoms with Crippen molar-refractivity contribution in [1.82, 2.24) is 5.32 Å². The van der Waals surface area contributed by atoms with Crippen molar-refractivity contribution in [3.05, 3.63) is 0 Å². The molecule has 72 valence electrons. The summed E-state index contributed by atoms with van der Waals surface area (Å²) in [5.74, 6) is 2.77. The molecule has 0 amide bonds. The van der Waals surface area contributed by atoms with Crippen molar-refractivity contribution in [3.63, 3.8) is 0 Å². The average Bonchev–Trinajstić information content (AvgIpc) is 2.51. The van der Waals surface area contributed by atoms with Crippen LogP contribution in [-0.2, 0) is 0 Å². The second-order valence-corrected chi connectivity index (χ2v) is 4.70. The van der Waals surface area contributed by atoms with Crippen molar-refractivity contribution in [2.24, 2.45) is 17.8 Å². The lowest BCUT2D eigenvalue weighted by molar-refractivity contribution is 0.336. The van der Waals surface area contributed by atoms with E-state index < -0.39 is 0 Å². The fourth-order valence-corrected chi connectivity index (χ4v) is 1.99. The van der Waals surface area contributed by atoms with Crippen LogP contribution in [0.3, 0.4) is 0 Å². The summed E-state index contributed by atoms with van der Waals surface area (Å²) in [6.07, 6.45) is 4.22. The monoisotopic (exact) mass is 169 g/mol. The molecule has 0 aromatic heterocycles. The Morgan fingerprint density at radius 1 is 1.25 bits per heavy atom. The van der Waals surface area contributed by atoms with E-state index in [1.807, 2.05) is 0 Å². The first-order valence-electron chi connectivity index (χ1n) is 5.41. The number of hydrogen-bond donors (Lipinski definition) is 1. The van der Waals surface area contributed by atoms with Crippen molar-refractivity contribution < 1.29 is 0 Å². The molecule has 2 unspecified atom stereocenters.